The molecule has 0 bridgehead atoms. The lowest BCUT2D eigenvalue weighted by Crippen LogP contribution is -2.10. The minimum absolute atomic E-state index is 0.512. The van der Waals surface area contributed by atoms with Gasteiger partial charge >= 0.3 is 0 Å². The van der Waals surface area contributed by atoms with E-state index in [0.717, 1.165) is 5.56 Å². The number of nitrogens with one attached hydrogen (secondary N) is 2. The number of hydrazine groups is 1. The van der Waals surface area contributed by atoms with Crippen LogP contribution in [-0.4, -0.2) is 16.2 Å². The maximum atomic E-state index is 9.22. The van der Waals surface area contributed by atoms with Crippen LogP contribution in [0.2, 0.25) is 0 Å². The zero-order chi connectivity index (χ0) is 14.5. The van der Waals surface area contributed by atoms with Crippen LogP contribution in [0.5, 0.6) is 0 Å². The summed E-state index contributed by atoms with van der Waals surface area (Å²) in [7, 11) is 0. The number of nitrogen functional groups attached to an aromatic ring is 1. The van der Waals surface area contributed by atoms with Gasteiger partial charge in [-0.25, -0.2) is 15.8 Å². The molecule has 7 heteroatoms. The number of anilines is 3. The normalized spacial score (nSPS) is 9.90. The van der Waals surface area contributed by atoms with Crippen molar-refractivity contribution < 1.29 is 0 Å². The topological polar surface area (TPSA) is 99.6 Å². The molecule has 1 aromatic heterocycles. The van der Waals surface area contributed by atoms with Gasteiger partial charge in [0.25, 0.3) is 0 Å². The average molecular weight is 286 g/mol. The molecule has 0 saturated carbocycles. The maximum absolute atomic E-state index is 9.22. The van der Waals surface area contributed by atoms with Gasteiger partial charge in [-0.3, -0.25) is 0 Å². The molecule has 0 aliphatic heterocycles. The molecule has 0 spiro atoms. The molecule has 4 N–H and O–H groups in total. The minimum atomic E-state index is 0.512. The second-order valence-corrected chi connectivity index (χ2v) is 4.78. The molecule has 6 nitrogen and oxygen atoms in total. The molecule has 2 rings (SSSR count). The molecule has 0 unspecified atom stereocenters. The van der Waals surface area contributed by atoms with E-state index < -0.39 is 0 Å². The fourth-order valence-electron chi connectivity index (χ4n) is 1.71. The quantitative estimate of drug-likeness (QED) is 0.343. The van der Waals surface area contributed by atoms with Gasteiger partial charge in [0.05, 0.1) is 11.3 Å². The zero-order valence-corrected chi connectivity index (χ0v) is 12.0. The molecule has 102 valence electrons. The van der Waals surface area contributed by atoms with Crippen LogP contribution in [0.15, 0.2) is 29.4 Å². The van der Waals surface area contributed by atoms with Gasteiger partial charge in [0.1, 0.15) is 17.7 Å². The van der Waals surface area contributed by atoms with Gasteiger partial charge in [0.15, 0.2) is 5.16 Å². The van der Waals surface area contributed by atoms with Crippen LogP contribution in [0.1, 0.15) is 11.1 Å². The number of rotatable bonds is 4. The van der Waals surface area contributed by atoms with Crippen molar-refractivity contribution >= 4 is 29.1 Å². The number of aromatic nitrogens is 2. The van der Waals surface area contributed by atoms with E-state index in [1.165, 1.54) is 11.8 Å². The SMILES string of the molecule is CSc1nc(NN)cc(Nc2cccc(C)c2C#N)n1. The van der Waals surface area contributed by atoms with Gasteiger partial charge in [-0.2, -0.15) is 5.26 Å². The van der Waals surface area contributed by atoms with E-state index >= 15 is 0 Å². The molecule has 1 aromatic carbocycles. The van der Waals surface area contributed by atoms with Gasteiger partial charge in [-0.1, -0.05) is 23.9 Å². The van der Waals surface area contributed by atoms with Crippen molar-refractivity contribution in [1.29, 1.82) is 5.26 Å². The number of nitrogens with zero attached hydrogens (tertiary/aromatic N) is 3. The number of nitriles is 1. The second-order valence-electron chi connectivity index (χ2n) is 4.00. The smallest absolute Gasteiger partial charge is 0.191 e. The molecular formula is C13H14N6S. The number of thioether (sulfide) groups is 1. The lowest BCUT2D eigenvalue weighted by molar-refractivity contribution is 0.971. The van der Waals surface area contributed by atoms with Gasteiger partial charge in [-0.15, -0.1) is 0 Å². The highest BCUT2D eigenvalue weighted by molar-refractivity contribution is 7.98. The predicted octanol–water partition coefficient (Wildman–Crippen LogP) is 2.41. The Morgan fingerprint density at radius 2 is 2.05 bits per heavy atom. The molecule has 0 amide bonds. The molecular weight excluding hydrogens is 272 g/mol. The van der Waals surface area contributed by atoms with Crippen LogP contribution in [0.25, 0.3) is 0 Å². The first-order chi connectivity index (χ1) is 9.67. The summed E-state index contributed by atoms with van der Waals surface area (Å²) in [6, 6.07) is 9.49. The molecule has 0 atom stereocenters. The summed E-state index contributed by atoms with van der Waals surface area (Å²) in [5, 5.41) is 12.9. The van der Waals surface area contributed by atoms with Crippen molar-refractivity contribution in [2.45, 2.75) is 12.1 Å². The summed E-state index contributed by atoms with van der Waals surface area (Å²) in [6.07, 6.45) is 1.88. The molecule has 0 aliphatic rings. The van der Waals surface area contributed by atoms with Crippen molar-refractivity contribution in [3.8, 4) is 6.07 Å². The van der Waals surface area contributed by atoms with E-state index in [2.05, 4.69) is 26.8 Å². The fraction of sp³-hybridized carbons (Fsp3) is 0.154. The van der Waals surface area contributed by atoms with Crippen LogP contribution >= 0.6 is 11.8 Å². The first-order valence-corrected chi connectivity index (χ1v) is 7.07. The van der Waals surface area contributed by atoms with E-state index in [4.69, 9.17) is 5.84 Å². The second kappa shape index (κ2) is 6.23. The lowest BCUT2D eigenvalue weighted by atomic mass is 10.1. The van der Waals surface area contributed by atoms with Crippen LogP contribution < -0.4 is 16.6 Å². The Balaban J connectivity index is 2.40. The lowest BCUT2D eigenvalue weighted by Gasteiger charge is -2.11. The Labute approximate surface area is 121 Å². The highest BCUT2D eigenvalue weighted by atomic mass is 32.2. The van der Waals surface area contributed by atoms with E-state index in [9.17, 15) is 5.26 Å². The fourth-order valence-corrected chi connectivity index (χ4v) is 2.09. The summed E-state index contributed by atoms with van der Waals surface area (Å²) >= 11 is 1.41. The van der Waals surface area contributed by atoms with Gasteiger partial charge in [-0.05, 0) is 24.8 Å². The van der Waals surface area contributed by atoms with Gasteiger partial charge in [0, 0.05) is 6.07 Å². The highest BCUT2D eigenvalue weighted by Gasteiger charge is 2.08. The van der Waals surface area contributed by atoms with Crippen molar-refractivity contribution in [3.05, 3.63) is 35.4 Å². The molecule has 0 fully saturated rings. The molecule has 0 saturated heterocycles. The summed E-state index contributed by atoms with van der Waals surface area (Å²) < 4.78 is 0. The summed E-state index contributed by atoms with van der Waals surface area (Å²) in [4.78, 5) is 8.52. The summed E-state index contributed by atoms with van der Waals surface area (Å²) in [6.45, 7) is 1.89. The van der Waals surface area contributed by atoms with Crippen LogP contribution in [0, 0.1) is 18.3 Å². The third kappa shape index (κ3) is 2.99. The Morgan fingerprint density at radius 1 is 1.30 bits per heavy atom. The third-order valence-corrected chi connectivity index (χ3v) is 3.23. The first kappa shape index (κ1) is 14.1. The molecule has 2 aromatic rings. The van der Waals surface area contributed by atoms with Crippen LogP contribution in [0.3, 0.4) is 0 Å². The zero-order valence-electron chi connectivity index (χ0n) is 11.1. The Bertz CT molecular complexity index is 642. The minimum Gasteiger partial charge on any atom is -0.339 e. The monoisotopic (exact) mass is 286 g/mol. The standard InChI is InChI=1S/C13H14N6S/c1-8-4-3-5-10(9(8)7-14)16-11-6-12(19-15)18-13(17-11)20-2/h3-6H,15H2,1-2H3,(H2,16,17,18,19). The number of aryl methyl sites for hydroxylation is 1. The maximum Gasteiger partial charge on any atom is 0.191 e. The van der Waals surface area contributed by atoms with Crippen molar-refractivity contribution in [2.75, 3.05) is 17.0 Å². The van der Waals surface area contributed by atoms with Crippen molar-refractivity contribution in [2.24, 2.45) is 5.84 Å². The average Bonchev–Trinajstić information content (AvgIpc) is 2.47. The van der Waals surface area contributed by atoms with Gasteiger partial charge in [0.2, 0.25) is 0 Å². The Morgan fingerprint density at radius 3 is 2.70 bits per heavy atom. The number of nitrogens with two attached hydrogens (primary N) is 1. The largest absolute Gasteiger partial charge is 0.339 e. The molecule has 1 heterocycles. The van der Waals surface area contributed by atoms with Crippen molar-refractivity contribution in [1.82, 2.24) is 9.97 Å². The third-order valence-electron chi connectivity index (χ3n) is 2.68. The van der Waals surface area contributed by atoms with Crippen LogP contribution in [0.4, 0.5) is 17.3 Å². The van der Waals surface area contributed by atoms with Gasteiger partial charge < -0.3 is 10.7 Å². The van der Waals surface area contributed by atoms with Crippen molar-refractivity contribution in [3.63, 3.8) is 0 Å². The Kier molecular flexibility index (Phi) is 4.40. The number of benzene rings is 1. The predicted molar refractivity (Wildman–Crippen MR) is 80.8 cm³/mol. The van der Waals surface area contributed by atoms with Crippen LogP contribution in [-0.2, 0) is 0 Å². The summed E-state index contributed by atoms with van der Waals surface area (Å²) in [5.41, 5.74) is 4.72. The van der Waals surface area contributed by atoms with E-state index in [1.807, 2.05) is 31.4 Å². The molecule has 0 radical (unpaired) electrons. The Hall–Kier alpha value is -2.30. The number of hydrogen-bond acceptors (Lipinski definition) is 7. The van der Waals surface area contributed by atoms with E-state index in [0.29, 0.717) is 28.0 Å². The highest BCUT2D eigenvalue weighted by Crippen LogP contribution is 2.24. The number of hydrogen-bond donors (Lipinski definition) is 3. The van der Waals surface area contributed by atoms with E-state index in [1.54, 1.807) is 6.07 Å². The summed E-state index contributed by atoms with van der Waals surface area (Å²) in [5.74, 6) is 6.48. The molecule has 20 heavy (non-hydrogen) atoms. The molecule has 0 aliphatic carbocycles. The van der Waals surface area contributed by atoms with E-state index in [-0.39, 0.29) is 0 Å². The first-order valence-electron chi connectivity index (χ1n) is 5.84.